The number of halogens is 1. The van der Waals surface area contributed by atoms with Gasteiger partial charge in [-0.15, -0.1) is 0 Å². The summed E-state index contributed by atoms with van der Waals surface area (Å²) >= 11 is 0. The Balaban J connectivity index is 2.56. The first-order valence-corrected chi connectivity index (χ1v) is 6.45. The van der Waals surface area contributed by atoms with Crippen LogP contribution in [0.4, 0.5) is 14.9 Å². The van der Waals surface area contributed by atoms with Crippen molar-refractivity contribution < 1.29 is 18.7 Å². The summed E-state index contributed by atoms with van der Waals surface area (Å²) in [6.45, 7) is 5.15. The van der Waals surface area contributed by atoms with E-state index in [0.29, 0.717) is 5.69 Å². The summed E-state index contributed by atoms with van der Waals surface area (Å²) in [5.41, 5.74) is 5.15. The number of carbonyl (C=O) groups excluding carboxylic acids is 2. The average molecular weight is 297 g/mol. The molecule has 21 heavy (non-hydrogen) atoms. The largest absolute Gasteiger partial charge is 0.444 e. The second-order valence-electron chi connectivity index (χ2n) is 5.49. The minimum atomic E-state index is -0.831. The minimum absolute atomic E-state index is 0.0401. The number of anilines is 1. The molecule has 0 spiro atoms. The van der Waals surface area contributed by atoms with Crippen molar-refractivity contribution in [2.24, 2.45) is 5.73 Å². The van der Waals surface area contributed by atoms with Crippen LogP contribution in [0.15, 0.2) is 24.3 Å². The molecule has 0 aliphatic carbocycles. The molecule has 7 heteroatoms. The van der Waals surface area contributed by atoms with Crippen molar-refractivity contribution in [2.75, 3.05) is 11.9 Å². The Hall–Kier alpha value is -2.31. The smallest absolute Gasteiger partial charge is 0.407 e. The molecule has 1 aromatic rings. The predicted molar refractivity (Wildman–Crippen MR) is 77.2 cm³/mol. The van der Waals surface area contributed by atoms with Gasteiger partial charge in [-0.25, -0.2) is 9.18 Å². The van der Waals surface area contributed by atoms with E-state index < -0.39 is 23.6 Å². The third-order valence-electron chi connectivity index (χ3n) is 2.38. The lowest BCUT2D eigenvalue weighted by atomic mass is 10.2. The van der Waals surface area contributed by atoms with Crippen LogP contribution in [0.2, 0.25) is 0 Å². The molecule has 0 saturated carbocycles. The molecule has 6 nitrogen and oxygen atoms in total. The Morgan fingerprint density at radius 3 is 2.33 bits per heavy atom. The van der Waals surface area contributed by atoms with Gasteiger partial charge < -0.3 is 21.1 Å². The van der Waals surface area contributed by atoms with Crippen molar-refractivity contribution >= 4 is 17.7 Å². The summed E-state index contributed by atoms with van der Waals surface area (Å²) in [6, 6.07) is 4.61. The van der Waals surface area contributed by atoms with E-state index in [1.807, 2.05) is 0 Å². The van der Waals surface area contributed by atoms with Crippen molar-refractivity contribution in [3.63, 3.8) is 0 Å². The summed E-state index contributed by atoms with van der Waals surface area (Å²) in [5.74, 6) is -1.03. The third-order valence-corrected chi connectivity index (χ3v) is 2.38. The molecule has 1 unspecified atom stereocenters. The molecular weight excluding hydrogens is 277 g/mol. The molecule has 0 aliphatic rings. The lowest BCUT2D eigenvalue weighted by Crippen LogP contribution is -2.46. The number of alkyl carbamates (subject to hydrolysis) is 1. The van der Waals surface area contributed by atoms with Gasteiger partial charge in [-0.3, -0.25) is 4.79 Å². The molecule has 4 N–H and O–H groups in total. The van der Waals surface area contributed by atoms with Crippen molar-refractivity contribution in [1.29, 1.82) is 0 Å². The summed E-state index contributed by atoms with van der Waals surface area (Å²) in [7, 11) is 0. The molecular formula is C14H20FN3O3. The van der Waals surface area contributed by atoms with Gasteiger partial charge in [0, 0.05) is 5.69 Å². The van der Waals surface area contributed by atoms with Crippen LogP contribution >= 0.6 is 0 Å². The fourth-order valence-electron chi connectivity index (χ4n) is 1.47. The van der Waals surface area contributed by atoms with Crippen molar-refractivity contribution in [3.8, 4) is 0 Å². The first kappa shape index (κ1) is 16.7. The summed E-state index contributed by atoms with van der Waals surface area (Å²) in [6.07, 6.45) is -0.644. The topological polar surface area (TPSA) is 93.4 Å². The van der Waals surface area contributed by atoms with Gasteiger partial charge in [-0.05, 0) is 45.0 Å². The number of ether oxygens (including phenoxy) is 1. The molecule has 1 atom stereocenters. The maximum absolute atomic E-state index is 12.8. The number of primary amides is 1. The van der Waals surface area contributed by atoms with Gasteiger partial charge in [-0.2, -0.15) is 0 Å². The molecule has 0 aromatic heterocycles. The molecule has 116 valence electrons. The number of hydrogen-bond acceptors (Lipinski definition) is 4. The summed E-state index contributed by atoms with van der Waals surface area (Å²) < 4.78 is 17.9. The number of nitrogens with one attached hydrogen (secondary N) is 2. The second kappa shape index (κ2) is 6.92. The van der Waals surface area contributed by atoms with Crippen LogP contribution in [0.25, 0.3) is 0 Å². The maximum Gasteiger partial charge on any atom is 0.407 e. The van der Waals surface area contributed by atoms with E-state index in [4.69, 9.17) is 10.5 Å². The Morgan fingerprint density at radius 1 is 1.29 bits per heavy atom. The second-order valence-corrected chi connectivity index (χ2v) is 5.49. The monoisotopic (exact) mass is 297 g/mol. The van der Waals surface area contributed by atoms with Crippen LogP contribution in [0.3, 0.4) is 0 Å². The van der Waals surface area contributed by atoms with E-state index in [9.17, 15) is 14.0 Å². The fourth-order valence-corrected chi connectivity index (χ4v) is 1.47. The number of rotatable bonds is 5. The van der Waals surface area contributed by atoms with Crippen molar-refractivity contribution in [3.05, 3.63) is 30.1 Å². The van der Waals surface area contributed by atoms with Crippen LogP contribution < -0.4 is 16.4 Å². The molecule has 0 aliphatic heterocycles. The summed E-state index contributed by atoms with van der Waals surface area (Å²) in [5, 5.41) is 5.27. The van der Waals surface area contributed by atoms with Gasteiger partial charge in [0.25, 0.3) is 0 Å². The van der Waals surface area contributed by atoms with E-state index in [2.05, 4.69) is 10.6 Å². The predicted octanol–water partition coefficient (Wildman–Crippen LogP) is 1.62. The molecule has 0 fully saturated rings. The first-order chi connectivity index (χ1) is 9.67. The number of benzene rings is 1. The fraction of sp³-hybridized carbons (Fsp3) is 0.429. The van der Waals surface area contributed by atoms with Crippen LogP contribution in [0.5, 0.6) is 0 Å². The SMILES string of the molecule is CC(C)(C)OC(=O)NCC(Nc1ccc(F)cc1)C(N)=O. The number of nitrogens with two attached hydrogens (primary N) is 1. The standard InChI is InChI=1S/C14H20FN3O3/c1-14(2,3)21-13(20)17-8-11(12(16)19)18-10-6-4-9(15)5-7-10/h4-7,11,18H,8H2,1-3H3,(H2,16,19)(H,17,20). The molecule has 0 radical (unpaired) electrons. The molecule has 0 saturated heterocycles. The van der Waals surface area contributed by atoms with E-state index in [0.717, 1.165) is 0 Å². The highest BCUT2D eigenvalue weighted by Crippen LogP contribution is 2.10. The van der Waals surface area contributed by atoms with E-state index in [-0.39, 0.29) is 12.4 Å². The van der Waals surface area contributed by atoms with Crippen molar-refractivity contribution in [1.82, 2.24) is 5.32 Å². The van der Waals surface area contributed by atoms with Crippen LogP contribution in [0, 0.1) is 5.82 Å². The quantitative estimate of drug-likeness (QED) is 0.770. The highest BCUT2D eigenvalue weighted by atomic mass is 19.1. The Morgan fingerprint density at radius 2 is 1.86 bits per heavy atom. The van der Waals surface area contributed by atoms with Crippen LogP contribution in [-0.2, 0) is 9.53 Å². The van der Waals surface area contributed by atoms with Gasteiger partial charge in [0.1, 0.15) is 17.5 Å². The molecule has 1 rings (SSSR count). The lowest BCUT2D eigenvalue weighted by Gasteiger charge is -2.21. The maximum atomic E-state index is 12.8. The number of hydrogen-bond donors (Lipinski definition) is 3. The Kier molecular flexibility index (Phi) is 5.52. The van der Waals surface area contributed by atoms with Gasteiger partial charge >= 0.3 is 6.09 Å². The number of carbonyl (C=O) groups is 2. The Labute approximate surface area is 122 Å². The van der Waals surface area contributed by atoms with Gasteiger partial charge in [0.2, 0.25) is 5.91 Å². The highest BCUT2D eigenvalue weighted by Gasteiger charge is 2.20. The zero-order valence-electron chi connectivity index (χ0n) is 12.3. The molecule has 0 heterocycles. The molecule has 2 amide bonds. The lowest BCUT2D eigenvalue weighted by molar-refractivity contribution is -0.118. The first-order valence-electron chi connectivity index (χ1n) is 6.45. The molecule has 0 bridgehead atoms. The van der Waals surface area contributed by atoms with Gasteiger partial charge in [0.15, 0.2) is 0 Å². The Bertz CT molecular complexity index is 497. The number of amides is 2. The van der Waals surface area contributed by atoms with Crippen LogP contribution in [0.1, 0.15) is 20.8 Å². The van der Waals surface area contributed by atoms with E-state index in [1.54, 1.807) is 20.8 Å². The summed E-state index contributed by atoms with van der Waals surface area (Å²) in [4.78, 5) is 22.9. The van der Waals surface area contributed by atoms with Gasteiger partial charge in [0.05, 0.1) is 6.54 Å². The highest BCUT2D eigenvalue weighted by molar-refractivity contribution is 5.84. The van der Waals surface area contributed by atoms with Crippen molar-refractivity contribution in [2.45, 2.75) is 32.4 Å². The van der Waals surface area contributed by atoms with E-state index >= 15 is 0 Å². The zero-order valence-corrected chi connectivity index (χ0v) is 12.3. The average Bonchev–Trinajstić information content (AvgIpc) is 2.34. The minimum Gasteiger partial charge on any atom is -0.444 e. The third kappa shape index (κ3) is 6.60. The normalized spacial score (nSPS) is 12.4. The van der Waals surface area contributed by atoms with E-state index in [1.165, 1.54) is 24.3 Å². The van der Waals surface area contributed by atoms with Gasteiger partial charge in [-0.1, -0.05) is 0 Å². The zero-order chi connectivity index (χ0) is 16.0. The van der Waals surface area contributed by atoms with Crippen LogP contribution in [-0.4, -0.2) is 30.2 Å². The molecule has 1 aromatic carbocycles.